The fourth-order valence-electron chi connectivity index (χ4n) is 1.72. The number of ether oxygens (including phenoxy) is 1. The number of rotatable bonds is 3. The molecular formula is C11H13FN2O2. The summed E-state index contributed by atoms with van der Waals surface area (Å²) in [6.45, 7) is 0.574. The van der Waals surface area contributed by atoms with Crippen LogP contribution in [0.3, 0.4) is 0 Å². The molecule has 1 aromatic rings. The van der Waals surface area contributed by atoms with Gasteiger partial charge in [-0.15, -0.1) is 0 Å². The van der Waals surface area contributed by atoms with E-state index in [4.69, 9.17) is 10.5 Å². The third kappa shape index (κ3) is 2.49. The predicted molar refractivity (Wildman–Crippen MR) is 56.4 cm³/mol. The van der Waals surface area contributed by atoms with Gasteiger partial charge in [0.2, 0.25) is 5.91 Å². The SMILES string of the molecule is NC(=O)C1CC(Oc2ccc(F)cc2)CN1. The predicted octanol–water partition coefficient (Wildman–Crippen LogP) is 0.420. The van der Waals surface area contributed by atoms with E-state index in [1.54, 1.807) is 12.1 Å². The van der Waals surface area contributed by atoms with E-state index in [9.17, 15) is 9.18 Å². The van der Waals surface area contributed by atoms with E-state index in [2.05, 4.69) is 5.32 Å². The van der Waals surface area contributed by atoms with Crippen LogP contribution in [0.15, 0.2) is 24.3 Å². The Morgan fingerprint density at radius 1 is 1.44 bits per heavy atom. The average Bonchev–Trinajstić information content (AvgIpc) is 2.70. The van der Waals surface area contributed by atoms with Gasteiger partial charge in [-0.3, -0.25) is 4.79 Å². The van der Waals surface area contributed by atoms with Crippen LogP contribution < -0.4 is 15.8 Å². The molecule has 5 heteroatoms. The highest BCUT2D eigenvalue weighted by molar-refractivity contribution is 5.80. The third-order valence-corrected chi connectivity index (χ3v) is 2.55. The molecule has 1 heterocycles. The zero-order valence-corrected chi connectivity index (χ0v) is 8.65. The van der Waals surface area contributed by atoms with Crippen LogP contribution in [0.25, 0.3) is 0 Å². The molecule has 3 N–H and O–H groups in total. The van der Waals surface area contributed by atoms with Gasteiger partial charge < -0.3 is 15.8 Å². The fraction of sp³-hybridized carbons (Fsp3) is 0.364. The average molecular weight is 224 g/mol. The van der Waals surface area contributed by atoms with Crippen molar-refractivity contribution in [2.24, 2.45) is 5.73 Å². The second-order valence-electron chi connectivity index (χ2n) is 3.79. The monoisotopic (exact) mass is 224 g/mol. The smallest absolute Gasteiger partial charge is 0.234 e. The number of carbonyl (C=O) groups excluding carboxylic acids is 1. The quantitative estimate of drug-likeness (QED) is 0.782. The van der Waals surface area contributed by atoms with E-state index < -0.39 is 0 Å². The maximum Gasteiger partial charge on any atom is 0.234 e. The first-order valence-corrected chi connectivity index (χ1v) is 5.10. The number of benzene rings is 1. The molecule has 1 saturated heterocycles. The minimum atomic E-state index is -0.370. The van der Waals surface area contributed by atoms with Crippen molar-refractivity contribution in [3.63, 3.8) is 0 Å². The van der Waals surface area contributed by atoms with Crippen LogP contribution in [0.4, 0.5) is 4.39 Å². The van der Waals surface area contributed by atoms with Gasteiger partial charge in [-0.2, -0.15) is 0 Å². The van der Waals surface area contributed by atoms with Crippen molar-refractivity contribution in [2.45, 2.75) is 18.6 Å². The molecule has 0 aromatic heterocycles. The summed E-state index contributed by atoms with van der Waals surface area (Å²) in [6, 6.07) is 5.47. The van der Waals surface area contributed by atoms with Crippen LogP contribution in [-0.4, -0.2) is 24.6 Å². The van der Waals surface area contributed by atoms with Crippen molar-refractivity contribution in [1.29, 1.82) is 0 Å². The Hall–Kier alpha value is -1.62. The normalized spacial score (nSPS) is 24.3. The first-order valence-electron chi connectivity index (χ1n) is 5.10. The maximum absolute atomic E-state index is 12.6. The molecular weight excluding hydrogens is 211 g/mol. The minimum absolute atomic E-state index is 0.0945. The summed E-state index contributed by atoms with van der Waals surface area (Å²) in [5.41, 5.74) is 5.17. The number of carbonyl (C=O) groups is 1. The first kappa shape index (κ1) is 10.9. The van der Waals surface area contributed by atoms with E-state index >= 15 is 0 Å². The zero-order chi connectivity index (χ0) is 11.5. The number of nitrogens with two attached hydrogens (primary N) is 1. The summed E-state index contributed by atoms with van der Waals surface area (Å²) in [5, 5.41) is 2.96. The Bertz CT molecular complexity index is 380. The van der Waals surface area contributed by atoms with Crippen LogP contribution in [0.2, 0.25) is 0 Å². The molecule has 4 nitrogen and oxygen atoms in total. The highest BCUT2D eigenvalue weighted by Crippen LogP contribution is 2.17. The van der Waals surface area contributed by atoms with Gasteiger partial charge in [0.05, 0.1) is 6.04 Å². The van der Waals surface area contributed by atoms with Crippen LogP contribution >= 0.6 is 0 Å². The van der Waals surface area contributed by atoms with Gasteiger partial charge in [0, 0.05) is 13.0 Å². The van der Waals surface area contributed by atoms with E-state index in [1.807, 2.05) is 0 Å². The molecule has 2 rings (SSSR count). The molecule has 2 unspecified atom stereocenters. The summed E-state index contributed by atoms with van der Waals surface area (Å²) in [4.78, 5) is 10.9. The molecule has 86 valence electrons. The molecule has 1 fully saturated rings. The summed E-state index contributed by atoms with van der Waals surface area (Å²) in [5.74, 6) is -0.0737. The summed E-state index contributed by atoms with van der Waals surface area (Å²) in [6.07, 6.45) is 0.454. The van der Waals surface area contributed by atoms with Crippen LogP contribution in [0.1, 0.15) is 6.42 Å². The lowest BCUT2D eigenvalue weighted by Crippen LogP contribution is -2.36. The molecule has 1 aromatic carbocycles. The van der Waals surface area contributed by atoms with Gasteiger partial charge in [0.1, 0.15) is 17.7 Å². The van der Waals surface area contributed by atoms with Gasteiger partial charge in [0.25, 0.3) is 0 Å². The van der Waals surface area contributed by atoms with Crippen LogP contribution in [0.5, 0.6) is 5.75 Å². The lowest BCUT2D eigenvalue weighted by Gasteiger charge is -2.12. The Balaban J connectivity index is 1.92. The molecule has 1 aliphatic heterocycles. The van der Waals surface area contributed by atoms with Crippen molar-refractivity contribution < 1.29 is 13.9 Å². The van der Waals surface area contributed by atoms with Crippen molar-refractivity contribution in [1.82, 2.24) is 5.32 Å². The minimum Gasteiger partial charge on any atom is -0.489 e. The molecule has 0 aliphatic carbocycles. The number of hydrogen-bond donors (Lipinski definition) is 2. The zero-order valence-electron chi connectivity index (χ0n) is 8.65. The molecule has 0 saturated carbocycles. The van der Waals surface area contributed by atoms with Crippen molar-refractivity contribution in [2.75, 3.05) is 6.54 Å². The Labute approximate surface area is 92.6 Å². The van der Waals surface area contributed by atoms with E-state index in [-0.39, 0.29) is 23.9 Å². The van der Waals surface area contributed by atoms with Gasteiger partial charge in [-0.05, 0) is 24.3 Å². The standard InChI is InChI=1S/C11H13FN2O2/c12-7-1-3-8(4-2-7)16-9-5-10(11(13)15)14-6-9/h1-4,9-10,14H,5-6H2,(H2,13,15). The molecule has 0 spiro atoms. The molecule has 0 radical (unpaired) electrons. The third-order valence-electron chi connectivity index (χ3n) is 2.55. The summed E-state index contributed by atoms with van der Waals surface area (Å²) >= 11 is 0. The Morgan fingerprint density at radius 3 is 2.69 bits per heavy atom. The summed E-state index contributed by atoms with van der Waals surface area (Å²) < 4.78 is 18.2. The lowest BCUT2D eigenvalue weighted by molar-refractivity contribution is -0.119. The van der Waals surface area contributed by atoms with Crippen molar-refractivity contribution >= 4 is 5.91 Å². The number of amides is 1. The highest BCUT2D eigenvalue weighted by atomic mass is 19.1. The molecule has 2 atom stereocenters. The number of hydrogen-bond acceptors (Lipinski definition) is 3. The first-order chi connectivity index (χ1) is 7.65. The number of primary amides is 1. The molecule has 0 bridgehead atoms. The maximum atomic E-state index is 12.6. The van der Waals surface area contributed by atoms with E-state index in [0.717, 1.165) is 0 Å². The Morgan fingerprint density at radius 2 is 2.12 bits per heavy atom. The second kappa shape index (κ2) is 4.49. The van der Waals surface area contributed by atoms with Gasteiger partial charge in [-0.1, -0.05) is 0 Å². The Kier molecular flexibility index (Phi) is 3.05. The highest BCUT2D eigenvalue weighted by Gasteiger charge is 2.28. The fourth-order valence-corrected chi connectivity index (χ4v) is 1.72. The van der Waals surface area contributed by atoms with Gasteiger partial charge in [-0.25, -0.2) is 4.39 Å². The van der Waals surface area contributed by atoms with Gasteiger partial charge in [0.15, 0.2) is 0 Å². The lowest BCUT2D eigenvalue weighted by atomic mass is 10.2. The van der Waals surface area contributed by atoms with E-state index in [1.165, 1.54) is 12.1 Å². The van der Waals surface area contributed by atoms with E-state index in [0.29, 0.717) is 18.7 Å². The molecule has 1 amide bonds. The van der Waals surface area contributed by atoms with Crippen LogP contribution in [0, 0.1) is 5.82 Å². The van der Waals surface area contributed by atoms with Crippen molar-refractivity contribution in [3.05, 3.63) is 30.1 Å². The topological polar surface area (TPSA) is 64.4 Å². The number of nitrogens with one attached hydrogen (secondary N) is 1. The number of halogens is 1. The summed E-state index contributed by atoms with van der Waals surface area (Å²) in [7, 11) is 0. The van der Waals surface area contributed by atoms with Gasteiger partial charge >= 0.3 is 0 Å². The second-order valence-corrected chi connectivity index (χ2v) is 3.79. The molecule has 1 aliphatic rings. The largest absolute Gasteiger partial charge is 0.489 e. The van der Waals surface area contributed by atoms with Crippen LogP contribution in [-0.2, 0) is 4.79 Å². The van der Waals surface area contributed by atoms with Crippen molar-refractivity contribution in [3.8, 4) is 5.75 Å². The molecule has 16 heavy (non-hydrogen) atoms.